The van der Waals surface area contributed by atoms with E-state index in [1.54, 1.807) is 12.1 Å². The van der Waals surface area contributed by atoms with E-state index in [0.29, 0.717) is 10.0 Å². The first kappa shape index (κ1) is 11.8. The van der Waals surface area contributed by atoms with Crippen LogP contribution in [0.15, 0.2) is 27.7 Å². The molecule has 1 aliphatic rings. The first-order chi connectivity index (χ1) is 7.39. The molecule has 0 fully saturated rings. The van der Waals surface area contributed by atoms with E-state index in [9.17, 15) is 13.2 Å². The zero-order valence-electron chi connectivity index (χ0n) is 7.72. The van der Waals surface area contributed by atoms with Crippen LogP contribution in [0.3, 0.4) is 0 Å². The van der Waals surface area contributed by atoms with Gasteiger partial charge in [0.05, 0.1) is 0 Å². The highest BCUT2D eigenvalue weighted by Crippen LogP contribution is 2.32. The fraction of sp³-hybridized carbons (Fsp3) is 0.111. The number of carbonyl (C=O) groups is 1. The Morgan fingerprint density at radius 1 is 1.38 bits per heavy atom. The summed E-state index contributed by atoms with van der Waals surface area (Å²) in [5.41, 5.74) is 0.615. The van der Waals surface area contributed by atoms with Gasteiger partial charge in [-0.1, -0.05) is 15.9 Å². The summed E-state index contributed by atoms with van der Waals surface area (Å²) in [5.74, 6) is -0.459. The first-order valence-corrected chi connectivity index (χ1v) is 7.37. The molecule has 0 N–H and O–H groups in total. The summed E-state index contributed by atoms with van der Waals surface area (Å²) in [7, 11) is 1.46. The van der Waals surface area contributed by atoms with Gasteiger partial charge in [0.1, 0.15) is 5.25 Å². The molecule has 1 aromatic rings. The lowest BCUT2D eigenvalue weighted by Gasteiger charge is -2.16. The molecule has 1 aliphatic heterocycles. The van der Waals surface area contributed by atoms with Gasteiger partial charge in [-0.15, -0.1) is 0 Å². The second-order valence-electron chi connectivity index (χ2n) is 3.21. The van der Waals surface area contributed by atoms with Crippen LogP contribution < -0.4 is 0 Å². The summed E-state index contributed by atoms with van der Waals surface area (Å²) in [6.07, 6.45) is 1.06. The van der Waals surface area contributed by atoms with E-state index in [4.69, 9.17) is 10.7 Å². The van der Waals surface area contributed by atoms with E-state index in [0.717, 1.165) is 6.21 Å². The van der Waals surface area contributed by atoms with Crippen molar-refractivity contribution in [3.05, 3.63) is 33.8 Å². The maximum atomic E-state index is 11.4. The normalized spacial score (nSPS) is 19.6. The maximum absolute atomic E-state index is 11.4. The molecule has 0 radical (unpaired) electrons. The number of fused-ring (bicyclic) bond motifs is 1. The predicted octanol–water partition coefficient (Wildman–Crippen LogP) is 2.28. The Hall–Kier alpha value is -0.720. The van der Waals surface area contributed by atoms with Crippen LogP contribution in [-0.4, -0.2) is 20.5 Å². The van der Waals surface area contributed by atoms with Crippen molar-refractivity contribution >= 4 is 47.8 Å². The molecule has 7 heteroatoms. The molecule has 1 unspecified atom stereocenters. The third kappa shape index (κ3) is 2.05. The Morgan fingerprint density at radius 3 is 2.69 bits per heavy atom. The molecule has 1 heterocycles. The lowest BCUT2D eigenvalue weighted by Crippen LogP contribution is -2.18. The second-order valence-corrected chi connectivity index (χ2v) is 6.88. The van der Waals surface area contributed by atoms with Crippen LogP contribution in [0, 0.1) is 0 Å². The van der Waals surface area contributed by atoms with Crippen molar-refractivity contribution in [2.24, 2.45) is 4.99 Å². The summed E-state index contributed by atoms with van der Waals surface area (Å²) in [6, 6.07) is 4.73. The van der Waals surface area contributed by atoms with E-state index < -0.39 is 20.2 Å². The van der Waals surface area contributed by atoms with Gasteiger partial charge in [-0.2, -0.15) is 0 Å². The second kappa shape index (κ2) is 3.94. The molecule has 1 atom stereocenters. The molecule has 4 nitrogen and oxygen atoms in total. The molecule has 0 saturated heterocycles. The first-order valence-electron chi connectivity index (χ1n) is 4.21. The fourth-order valence-corrected chi connectivity index (χ4v) is 2.98. The van der Waals surface area contributed by atoms with Crippen molar-refractivity contribution in [3.63, 3.8) is 0 Å². The molecule has 2 rings (SSSR count). The predicted molar refractivity (Wildman–Crippen MR) is 64.5 cm³/mol. The highest BCUT2D eigenvalue weighted by molar-refractivity contribution is 9.10. The lowest BCUT2D eigenvalue weighted by atomic mass is 10.0. The summed E-state index contributed by atoms with van der Waals surface area (Å²) in [4.78, 5) is 14.9. The number of benzene rings is 1. The molecular weight excluding hydrogens is 318 g/mol. The number of hydrogen-bond donors (Lipinski definition) is 0. The van der Waals surface area contributed by atoms with Gasteiger partial charge in [0.15, 0.2) is 0 Å². The van der Waals surface area contributed by atoms with Crippen LogP contribution in [0.25, 0.3) is 0 Å². The number of aliphatic imine (C=N–C) groups is 1. The van der Waals surface area contributed by atoms with Crippen LogP contribution in [0.2, 0.25) is 0 Å². The third-order valence-electron chi connectivity index (χ3n) is 2.18. The van der Waals surface area contributed by atoms with Crippen LogP contribution in [-0.2, 0) is 9.05 Å². The molecule has 1 amide bonds. The minimum atomic E-state index is -3.83. The summed E-state index contributed by atoms with van der Waals surface area (Å²) >= 11 is 3.21. The van der Waals surface area contributed by atoms with Gasteiger partial charge in [0, 0.05) is 26.9 Å². The molecule has 1 aromatic carbocycles. The van der Waals surface area contributed by atoms with Gasteiger partial charge in [0.25, 0.3) is 5.91 Å². The van der Waals surface area contributed by atoms with Crippen molar-refractivity contribution in [2.45, 2.75) is 5.25 Å². The van der Waals surface area contributed by atoms with Gasteiger partial charge in [0.2, 0.25) is 9.05 Å². The average Bonchev–Trinajstić information content (AvgIpc) is 2.15. The lowest BCUT2D eigenvalue weighted by molar-refractivity contribution is 0.100. The quantitative estimate of drug-likeness (QED) is 0.745. The smallest absolute Gasteiger partial charge is 0.267 e. The zero-order chi connectivity index (χ0) is 11.9. The van der Waals surface area contributed by atoms with Gasteiger partial charge >= 0.3 is 0 Å². The van der Waals surface area contributed by atoms with E-state index in [1.807, 2.05) is 0 Å². The monoisotopic (exact) mass is 321 g/mol. The fourth-order valence-electron chi connectivity index (χ4n) is 1.47. The SMILES string of the molecule is O=C1N=CC(S(=O)(=O)Cl)c2cc(Br)ccc21. The highest BCUT2D eigenvalue weighted by atomic mass is 79.9. The standard InChI is InChI=1S/C9H5BrClNO3S/c10-5-1-2-6-7(3-5)8(16(11,14)15)4-12-9(6)13/h1-4,8H. The molecule has 0 aromatic heterocycles. The number of hydrogen-bond acceptors (Lipinski definition) is 3. The average molecular weight is 323 g/mol. The Morgan fingerprint density at radius 2 is 2.06 bits per heavy atom. The van der Waals surface area contributed by atoms with Crippen molar-refractivity contribution in [2.75, 3.05) is 0 Å². The highest BCUT2D eigenvalue weighted by Gasteiger charge is 2.31. The summed E-state index contributed by atoms with van der Waals surface area (Å²) in [5, 5.41) is -1.07. The van der Waals surface area contributed by atoms with E-state index in [-0.39, 0.29) is 5.56 Å². The van der Waals surface area contributed by atoms with E-state index >= 15 is 0 Å². The van der Waals surface area contributed by atoms with Gasteiger partial charge < -0.3 is 0 Å². The molecule has 0 bridgehead atoms. The van der Waals surface area contributed by atoms with Crippen molar-refractivity contribution in [3.8, 4) is 0 Å². The summed E-state index contributed by atoms with van der Waals surface area (Å²) < 4.78 is 23.3. The largest absolute Gasteiger partial charge is 0.277 e. The topological polar surface area (TPSA) is 63.6 Å². The molecule has 84 valence electrons. The van der Waals surface area contributed by atoms with Crippen LogP contribution in [0.1, 0.15) is 21.2 Å². The van der Waals surface area contributed by atoms with Crippen LogP contribution in [0.5, 0.6) is 0 Å². The minimum Gasteiger partial charge on any atom is -0.267 e. The number of carbonyl (C=O) groups excluding carboxylic acids is 1. The van der Waals surface area contributed by atoms with Gasteiger partial charge in [-0.3, -0.25) is 4.79 Å². The van der Waals surface area contributed by atoms with Crippen molar-refractivity contribution in [1.29, 1.82) is 0 Å². The molecule has 0 spiro atoms. The summed E-state index contributed by atoms with van der Waals surface area (Å²) in [6.45, 7) is 0. The van der Waals surface area contributed by atoms with E-state index in [1.165, 1.54) is 6.07 Å². The Bertz CT molecular complexity index is 597. The Labute approximate surface area is 105 Å². The van der Waals surface area contributed by atoms with Crippen molar-refractivity contribution < 1.29 is 13.2 Å². The Balaban J connectivity index is 2.69. The number of rotatable bonds is 1. The Kier molecular flexibility index (Phi) is 2.90. The van der Waals surface area contributed by atoms with Gasteiger partial charge in [-0.25, -0.2) is 13.4 Å². The number of halogens is 2. The zero-order valence-corrected chi connectivity index (χ0v) is 10.9. The number of amides is 1. The van der Waals surface area contributed by atoms with Gasteiger partial charge in [-0.05, 0) is 23.8 Å². The third-order valence-corrected chi connectivity index (χ3v) is 4.23. The maximum Gasteiger partial charge on any atom is 0.277 e. The number of nitrogens with zero attached hydrogens (tertiary/aromatic N) is 1. The van der Waals surface area contributed by atoms with Crippen LogP contribution >= 0.6 is 26.6 Å². The molecule has 0 aliphatic carbocycles. The molecular formula is C9H5BrClNO3S. The minimum absolute atomic E-state index is 0.264. The molecule has 16 heavy (non-hydrogen) atoms. The van der Waals surface area contributed by atoms with Crippen molar-refractivity contribution in [1.82, 2.24) is 0 Å². The van der Waals surface area contributed by atoms with E-state index in [2.05, 4.69) is 20.9 Å². The van der Waals surface area contributed by atoms with Crippen LogP contribution in [0.4, 0.5) is 0 Å². The molecule has 0 saturated carbocycles.